The number of carbonyl (C=O) groups excluding carboxylic acids is 1. The Morgan fingerprint density at radius 1 is 1.43 bits per heavy atom. The van der Waals surface area contributed by atoms with Crippen molar-refractivity contribution in [3.05, 3.63) is 18.3 Å². The van der Waals surface area contributed by atoms with Gasteiger partial charge in [0.1, 0.15) is 10.7 Å². The van der Waals surface area contributed by atoms with Crippen LogP contribution in [-0.4, -0.2) is 38.4 Å². The number of pyridine rings is 1. The Labute approximate surface area is 124 Å². The molecule has 0 atom stereocenters. The summed E-state index contributed by atoms with van der Waals surface area (Å²) in [5, 5.41) is 5.70. The van der Waals surface area contributed by atoms with E-state index in [1.165, 1.54) is 12.3 Å². The number of carbonyl (C=O) groups is 1. The normalized spacial score (nSPS) is 14.7. The van der Waals surface area contributed by atoms with Gasteiger partial charge in [0.05, 0.1) is 6.54 Å². The lowest BCUT2D eigenvalue weighted by atomic mass is 10.4. The first-order chi connectivity index (χ1) is 10.0. The van der Waals surface area contributed by atoms with Crippen LogP contribution in [0.2, 0.25) is 0 Å². The van der Waals surface area contributed by atoms with E-state index in [9.17, 15) is 13.2 Å². The lowest BCUT2D eigenvalue weighted by Gasteiger charge is -2.11. The number of amides is 1. The molecule has 1 fully saturated rings. The number of hydrogen-bond acceptors (Lipinski definition) is 5. The first-order valence-electron chi connectivity index (χ1n) is 7.01. The number of anilines is 1. The molecule has 1 aliphatic rings. The molecule has 2 rings (SSSR count). The monoisotopic (exact) mass is 312 g/mol. The molecule has 1 aromatic rings. The van der Waals surface area contributed by atoms with Crippen LogP contribution in [-0.2, 0) is 14.8 Å². The molecule has 0 unspecified atom stereocenters. The Bertz CT molecular complexity index is 599. The highest BCUT2D eigenvalue weighted by atomic mass is 32.2. The maximum atomic E-state index is 12.3. The molecule has 21 heavy (non-hydrogen) atoms. The van der Waals surface area contributed by atoms with E-state index in [-0.39, 0.29) is 23.4 Å². The minimum Gasteiger partial charge on any atom is -0.369 e. The van der Waals surface area contributed by atoms with Gasteiger partial charge in [-0.15, -0.1) is 0 Å². The van der Waals surface area contributed by atoms with Gasteiger partial charge < -0.3 is 10.6 Å². The summed E-state index contributed by atoms with van der Waals surface area (Å²) < 4.78 is 26.8. The molecule has 1 aliphatic carbocycles. The van der Waals surface area contributed by atoms with Gasteiger partial charge in [-0.2, -0.15) is 0 Å². The summed E-state index contributed by atoms with van der Waals surface area (Å²) in [5.74, 6) is -0.0116. The van der Waals surface area contributed by atoms with Crippen LogP contribution in [0.3, 0.4) is 0 Å². The van der Waals surface area contributed by atoms with E-state index >= 15 is 0 Å². The first kappa shape index (κ1) is 15.7. The van der Waals surface area contributed by atoms with Crippen molar-refractivity contribution < 1.29 is 13.2 Å². The molecule has 0 spiro atoms. The molecular weight excluding hydrogens is 292 g/mol. The summed E-state index contributed by atoms with van der Waals surface area (Å²) in [4.78, 5) is 15.6. The van der Waals surface area contributed by atoms with Gasteiger partial charge in [0.25, 0.3) is 0 Å². The van der Waals surface area contributed by atoms with Gasteiger partial charge in [-0.1, -0.05) is 6.92 Å². The fourth-order valence-electron chi connectivity index (χ4n) is 1.73. The molecule has 0 radical (unpaired) electrons. The second-order valence-corrected chi connectivity index (χ2v) is 6.68. The van der Waals surface area contributed by atoms with Crippen LogP contribution in [0.1, 0.15) is 26.2 Å². The van der Waals surface area contributed by atoms with Crippen LogP contribution in [0.5, 0.6) is 0 Å². The van der Waals surface area contributed by atoms with Crippen LogP contribution in [0.4, 0.5) is 5.82 Å². The summed E-state index contributed by atoms with van der Waals surface area (Å²) in [6.45, 7) is 2.34. The summed E-state index contributed by atoms with van der Waals surface area (Å²) in [5.41, 5.74) is 0. The molecule has 1 amide bonds. The summed E-state index contributed by atoms with van der Waals surface area (Å²) in [6, 6.07) is 3.23. The molecule has 0 aliphatic heterocycles. The van der Waals surface area contributed by atoms with Crippen LogP contribution in [0.25, 0.3) is 0 Å². The molecule has 1 saturated carbocycles. The van der Waals surface area contributed by atoms with E-state index in [0.29, 0.717) is 12.4 Å². The quantitative estimate of drug-likeness (QED) is 0.647. The van der Waals surface area contributed by atoms with E-state index in [1.807, 2.05) is 6.92 Å². The van der Waals surface area contributed by atoms with Crippen molar-refractivity contribution in [3.8, 4) is 0 Å². The zero-order chi connectivity index (χ0) is 15.3. The van der Waals surface area contributed by atoms with Crippen molar-refractivity contribution in [2.24, 2.45) is 0 Å². The summed E-state index contributed by atoms with van der Waals surface area (Å²) in [7, 11) is -3.77. The molecule has 7 nitrogen and oxygen atoms in total. The predicted molar refractivity (Wildman–Crippen MR) is 79.4 cm³/mol. The minimum atomic E-state index is -3.77. The zero-order valence-corrected chi connectivity index (χ0v) is 12.7. The largest absolute Gasteiger partial charge is 0.369 e. The smallest absolute Gasteiger partial charge is 0.244 e. The summed E-state index contributed by atoms with van der Waals surface area (Å²) in [6.07, 6.45) is 4.31. The number of rotatable bonds is 8. The SMILES string of the molecule is CCCNc1ncccc1S(=O)(=O)NCC(=O)NC1CC1. The third kappa shape index (κ3) is 4.68. The maximum Gasteiger partial charge on any atom is 0.244 e. The third-order valence-corrected chi connectivity index (χ3v) is 4.40. The third-order valence-electron chi connectivity index (χ3n) is 2.97. The standard InChI is InChI=1S/C13H20N4O3S/c1-2-7-14-13-11(4-3-8-15-13)21(19,20)16-9-12(18)17-10-5-6-10/h3-4,8,10,16H,2,5-7,9H2,1H3,(H,14,15)(H,17,18). The fraction of sp³-hybridized carbons (Fsp3) is 0.538. The zero-order valence-electron chi connectivity index (χ0n) is 11.9. The summed E-state index contributed by atoms with van der Waals surface area (Å²) >= 11 is 0. The number of aromatic nitrogens is 1. The van der Waals surface area contributed by atoms with Crippen molar-refractivity contribution >= 4 is 21.7 Å². The molecular formula is C13H20N4O3S. The van der Waals surface area contributed by atoms with E-state index in [1.54, 1.807) is 6.07 Å². The number of hydrogen-bond donors (Lipinski definition) is 3. The lowest BCUT2D eigenvalue weighted by molar-refractivity contribution is -0.120. The number of nitrogens with one attached hydrogen (secondary N) is 3. The Morgan fingerprint density at radius 2 is 2.19 bits per heavy atom. The van der Waals surface area contributed by atoms with E-state index in [4.69, 9.17) is 0 Å². The van der Waals surface area contributed by atoms with Crippen LogP contribution in [0.15, 0.2) is 23.2 Å². The molecule has 0 bridgehead atoms. The van der Waals surface area contributed by atoms with Crippen molar-refractivity contribution in [1.82, 2.24) is 15.0 Å². The van der Waals surface area contributed by atoms with Crippen LogP contribution in [0, 0.1) is 0 Å². The van der Waals surface area contributed by atoms with E-state index in [2.05, 4.69) is 20.3 Å². The second kappa shape index (κ2) is 6.86. The molecule has 0 aromatic carbocycles. The molecule has 0 saturated heterocycles. The molecule has 3 N–H and O–H groups in total. The lowest BCUT2D eigenvalue weighted by Crippen LogP contribution is -2.38. The minimum absolute atomic E-state index is 0.0534. The van der Waals surface area contributed by atoms with Gasteiger partial charge in [-0.3, -0.25) is 4.79 Å². The second-order valence-electron chi connectivity index (χ2n) is 4.94. The highest BCUT2D eigenvalue weighted by molar-refractivity contribution is 7.89. The predicted octanol–water partition coefficient (Wildman–Crippen LogP) is 0.460. The highest BCUT2D eigenvalue weighted by Gasteiger charge is 2.25. The van der Waals surface area contributed by atoms with Crippen molar-refractivity contribution in [3.63, 3.8) is 0 Å². The Kier molecular flexibility index (Phi) is 5.13. The van der Waals surface area contributed by atoms with Gasteiger partial charge in [-0.25, -0.2) is 18.1 Å². The Hall–Kier alpha value is -1.67. The van der Waals surface area contributed by atoms with Crippen molar-refractivity contribution in [1.29, 1.82) is 0 Å². The highest BCUT2D eigenvalue weighted by Crippen LogP contribution is 2.19. The molecule has 1 heterocycles. The molecule has 8 heteroatoms. The van der Waals surface area contributed by atoms with Gasteiger partial charge in [0, 0.05) is 18.8 Å². The van der Waals surface area contributed by atoms with Gasteiger partial charge in [0.15, 0.2) is 0 Å². The first-order valence-corrected chi connectivity index (χ1v) is 8.49. The fourth-order valence-corrected chi connectivity index (χ4v) is 2.84. The Morgan fingerprint density at radius 3 is 2.86 bits per heavy atom. The Balaban J connectivity index is 2.02. The van der Waals surface area contributed by atoms with Crippen molar-refractivity contribution in [2.75, 3.05) is 18.4 Å². The number of sulfonamides is 1. The van der Waals surface area contributed by atoms with Crippen LogP contribution >= 0.6 is 0 Å². The average molecular weight is 312 g/mol. The van der Waals surface area contributed by atoms with Gasteiger partial charge in [0.2, 0.25) is 15.9 Å². The van der Waals surface area contributed by atoms with Crippen molar-refractivity contribution in [2.45, 2.75) is 37.1 Å². The average Bonchev–Trinajstić information content (AvgIpc) is 3.27. The van der Waals surface area contributed by atoms with Crippen LogP contribution < -0.4 is 15.4 Å². The maximum absolute atomic E-state index is 12.3. The van der Waals surface area contributed by atoms with Gasteiger partial charge >= 0.3 is 0 Å². The van der Waals surface area contributed by atoms with E-state index in [0.717, 1.165) is 19.3 Å². The topological polar surface area (TPSA) is 100 Å². The molecule has 116 valence electrons. The molecule has 1 aromatic heterocycles. The van der Waals surface area contributed by atoms with Gasteiger partial charge in [-0.05, 0) is 31.4 Å². The van der Waals surface area contributed by atoms with E-state index < -0.39 is 10.0 Å². The number of nitrogens with zero attached hydrogens (tertiary/aromatic N) is 1.